The van der Waals surface area contributed by atoms with Gasteiger partial charge in [0.2, 0.25) is 5.91 Å². The van der Waals surface area contributed by atoms with Crippen molar-refractivity contribution >= 4 is 22.6 Å². The van der Waals surface area contributed by atoms with E-state index in [4.69, 9.17) is 0 Å². The minimum atomic E-state index is -1.34. The van der Waals surface area contributed by atoms with E-state index in [1.165, 1.54) is 0 Å². The third kappa shape index (κ3) is 2.64. The fraction of sp³-hybridized carbons (Fsp3) is 0.133. The van der Waals surface area contributed by atoms with Crippen LogP contribution in [-0.4, -0.2) is 21.0 Å². The van der Waals surface area contributed by atoms with Crippen LogP contribution in [0.1, 0.15) is 5.56 Å². The zero-order valence-electron chi connectivity index (χ0n) is 10.8. The lowest BCUT2D eigenvalue weighted by molar-refractivity contribution is -0.116. The Morgan fingerprint density at radius 1 is 1.05 bits per heavy atom. The van der Waals surface area contributed by atoms with Crippen LogP contribution in [-0.2, 0) is 22.3 Å². The zero-order valence-corrected chi connectivity index (χ0v) is 11.6. The molecule has 102 valence electrons. The number of nitrogens with zero attached hydrogens (tertiary/aromatic N) is 1. The van der Waals surface area contributed by atoms with Gasteiger partial charge in [0.1, 0.15) is 11.0 Å². The third-order valence-corrected chi connectivity index (χ3v) is 4.56. The maximum atomic E-state index is 12.6. The van der Waals surface area contributed by atoms with Crippen LogP contribution in [0.15, 0.2) is 59.5 Å². The highest BCUT2D eigenvalue weighted by atomic mass is 32.2. The van der Waals surface area contributed by atoms with Gasteiger partial charge in [-0.25, -0.2) is 8.51 Å². The van der Waals surface area contributed by atoms with Gasteiger partial charge in [0.25, 0.3) is 0 Å². The second-order valence-corrected chi connectivity index (χ2v) is 6.03. The highest BCUT2D eigenvalue weighted by Gasteiger charge is 2.25. The predicted octanol–water partition coefficient (Wildman–Crippen LogP) is 2.16. The summed E-state index contributed by atoms with van der Waals surface area (Å²) in [6.07, 6.45) is 0. The van der Waals surface area contributed by atoms with Crippen molar-refractivity contribution in [2.75, 3.05) is 11.9 Å². The van der Waals surface area contributed by atoms with Crippen LogP contribution in [0, 0.1) is 0 Å². The Morgan fingerprint density at radius 3 is 2.55 bits per heavy atom. The first kappa shape index (κ1) is 13.0. The molecule has 0 saturated heterocycles. The molecule has 20 heavy (non-hydrogen) atoms. The number of fused-ring (bicyclic) bond motifs is 1. The molecular formula is C15H14N2O2S. The van der Waals surface area contributed by atoms with Crippen LogP contribution in [0.3, 0.4) is 0 Å². The van der Waals surface area contributed by atoms with Crippen molar-refractivity contribution in [2.45, 2.75) is 11.4 Å². The summed E-state index contributed by atoms with van der Waals surface area (Å²) in [7, 11) is -1.34. The summed E-state index contributed by atoms with van der Waals surface area (Å²) < 4.78 is 14.3. The van der Waals surface area contributed by atoms with Gasteiger partial charge in [-0.1, -0.05) is 42.5 Å². The number of hydrogen-bond donors (Lipinski definition) is 1. The molecule has 2 aromatic rings. The quantitative estimate of drug-likeness (QED) is 0.919. The number of carbonyl (C=O) groups is 1. The van der Waals surface area contributed by atoms with E-state index in [0.717, 1.165) is 5.56 Å². The first-order chi connectivity index (χ1) is 9.74. The molecule has 1 aliphatic rings. The number of anilines is 1. The summed E-state index contributed by atoms with van der Waals surface area (Å²) >= 11 is 0. The van der Waals surface area contributed by atoms with E-state index in [2.05, 4.69) is 5.32 Å². The molecule has 0 radical (unpaired) electrons. The molecule has 0 bridgehead atoms. The molecule has 1 amide bonds. The molecule has 1 N–H and O–H groups in total. The fourth-order valence-corrected chi connectivity index (χ4v) is 3.45. The summed E-state index contributed by atoms with van der Waals surface area (Å²) in [5.74, 6) is -0.140. The normalized spacial score (nSPS) is 19.0. The lowest BCUT2D eigenvalue weighted by atomic mass is 10.2. The van der Waals surface area contributed by atoms with E-state index >= 15 is 0 Å². The van der Waals surface area contributed by atoms with Gasteiger partial charge < -0.3 is 5.32 Å². The van der Waals surface area contributed by atoms with E-state index in [1.807, 2.05) is 42.5 Å². The summed E-state index contributed by atoms with van der Waals surface area (Å²) in [4.78, 5) is 12.6. The highest BCUT2D eigenvalue weighted by molar-refractivity contribution is 7.82. The van der Waals surface area contributed by atoms with Crippen molar-refractivity contribution in [1.29, 1.82) is 0 Å². The van der Waals surface area contributed by atoms with E-state index in [0.29, 0.717) is 17.1 Å². The molecule has 0 fully saturated rings. The number of hydrogen-bond acceptors (Lipinski definition) is 2. The van der Waals surface area contributed by atoms with Gasteiger partial charge in [0.15, 0.2) is 0 Å². The second-order valence-electron chi connectivity index (χ2n) is 4.58. The first-order valence-electron chi connectivity index (χ1n) is 6.34. The van der Waals surface area contributed by atoms with Gasteiger partial charge in [-0.05, 0) is 17.7 Å². The van der Waals surface area contributed by atoms with Crippen LogP contribution >= 0.6 is 0 Å². The SMILES string of the molecule is O=C1CN(Cc2ccccc2)S(=O)c2ccccc2N1. The van der Waals surface area contributed by atoms with Crippen molar-refractivity contribution in [3.63, 3.8) is 0 Å². The zero-order chi connectivity index (χ0) is 13.9. The molecule has 5 heteroatoms. The van der Waals surface area contributed by atoms with Crippen molar-refractivity contribution < 1.29 is 9.00 Å². The predicted molar refractivity (Wildman–Crippen MR) is 78.3 cm³/mol. The molecule has 0 spiro atoms. The number of nitrogens with one attached hydrogen (secondary N) is 1. The molecule has 1 atom stereocenters. The van der Waals surface area contributed by atoms with Crippen LogP contribution in [0.25, 0.3) is 0 Å². The molecule has 0 saturated carbocycles. The van der Waals surface area contributed by atoms with Crippen LogP contribution in [0.4, 0.5) is 5.69 Å². The van der Waals surface area contributed by atoms with Crippen molar-refractivity contribution in [3.8, 4) is 0 Å². The Kier molecular flexibility index (Phi) is 3.62. The standard InChI is InChI=1S/C15H14N2O2S/c18-15-11-17(10-12-6-2-1-3-7-12)20(19)14-9-5-4-8-13(14)16-15/h1-9H,10-11H2,(H,16,18). The monoisotopic (exact) mass is 286 g/mol. The maximum absolute atomic E-state index is 12.6. The summed E-state index contributed by atoms with van der Waals surface area (Å²) in [6.45, 7) is 0.603. The summed E-state index contributed by atoms with van der Waals surface area (Å²) in [5.41, 5.74) is 1.67. The van der Waals surface area contributed by atoms with Gasteiger partial charge in [-0.2, -0.15) is 0 Å². The number of benzene rings is 2. The molecule has 3 rings (SSSR count). The molecule has 2 aromatic carbocycles. The number of para-hydroxylation sites is 1. The van der Waals surface area contributed by atoms with E-state index in [1.54, 1.807) is 16.4 Å². The lowest BCUT2D eigenvalue weighted by Crippen LogP contribution is -2.31. The highest BCUT2D eigenvalue weighted by Crippen LogP contribution is 2.25. The van der Waals surface area contributed by atoms with Crippen LogP contribution in [0.2, 0.25) is 0 Å². The smallest absolute Gasteiger partial charge is 0.239 e. The molecule has 0 aliphatic carbocycles. The van der Waals surface area contributed by atoms with Crippen molar-refractivity contribution in [1.82, 2.24) is 4.31 Å². The maximum Gasteiger partial charge on any atom is 0.239 e. The summed E-state index contributed by atoms with van der Waals surface area (Å²) in [6, 6.07) is 16.9. The summed E-state index contributed by atoms with van der Waals surface area (Å²) in [5, 5.41) is 2.79. The minimum Gasteiger partial charge on any atom is -0.324 e. The Morgan fingerprint density at radius 2 is 1.75 bits per heavy atom. The minimum absolute atomic E-state index is 0.121. The number of amides is 1. The third-order valence-electron chi connectivity index (χ3n) is 3.11. The Hall–Kier alpha value is -1.98. The second kappa shape index (κ2) is 5.56. The Balaban J connectivity index is 1.92. The average molecular weight is 286 g/mol. The van der Waals surface area contributed by atoms with Crippen molar-refractivity contribution in [3.05, 3.63) is 60.2 Å². The fourth-order valence-electron chi connectivity index (χ4n) is 2.17. The van der Waals surface area contributed by atoms with Crippen molar-refractivity contribution in [2.24, 2.45) is 0 Å². The Labute approximate surface area is 120 Å². The van der Waals surface area contributed by atoms with Gasteiger partial charge in [-0.3, -0.25) is 4.79 Å². The van der Waals surface area contributed by atoms with Gasteiger partial charge in [-0.15, -0.1) is 0 Å². The van der Waals surface area contributed by atoms with Crippen LogP contribution in [0.5, 0.6) is 0 Å². The van der Waals surface area contributed by atoms with Crippen LogP contribution < -0.4 is 5.32 Å². The first-order valence-corrected chi connectivity index (χ1v) is 7.44. The molecule has 0 aromatic heterocycles. The lowest BCUT2D eigenvalue weighted by Gasteiger charge is -2.17. The van der Waals surface area contributed by atoms with Gasteiger partial charge in [0.05, 0.1) is 17.1 Å². The number of carbonyl (C=O) groups excluding carboxylic acids is 1. The van der Waals surface area contributed by atoms with E-state index < -0.39 is 11.0 Å². The van der Waals surface area contributed by atoms with Gasteiger partial charge >= 0.3 is 0 Å². The number of rotatable bonds is 2. The molecular weight excluding hydrogens is 272 g/mol. The average Bonchev–Trinajstić information content (AvgIpc) is 2.58. The Bertz CT molecular complexity index is 658. The van der Waals surface area contributed by atoms with E-state index in [-0.39, 0.29) is 12.5 Å². The molecule has 4 nitrogen and oxygen atoms in total. The largest absolute Gasteiger partial charge is 0.324 e. The van der Waals surface area contributed by atoms with E-state index in [9.17, 15) is 9.00 Å². The molecule has 1 aliphatic heterocycles. The van der Waals surface area contributed by atoms with Gasteiger partial charge in [0, 0.05) is 6.54 Å². The molecule has 1 unspecified atom stereocenters. The molecule has 1 heterocycles. The topological polar surface area (TPSA) is 49.4 Å².